The highest BCUT2D eigenvalue weighted by Crippen LogP contribution is 2.41. The molecule has 63 heavy (non-hydrogen) atoms. The van der Waals surface area contributed by atoms with Crippen LogP contribution in [0.4, 0.5) is 0 Å². The molecule has 10 aromatic rings. The van der Waals surface area contributed by atoms with E-state index < -0.39 is 54.9 Å². The van der Waals surface area contributed by atoms with E-state index in [-0.39, 0.29) is 28.3 Å². The van der Waals surface area contributed by atoms with Crippen LogP contribution in [0.5, 0.6) is 0 Å². The summed E-state index contributed by atoms with van der Waals surface area (Å²) in [5.41, 5.74) is 2.85. The van der Waals surface area contributed by atoms with Crippen LogP contribution in [0.15, 0.2) is 199 Å². The number of fused-ring (bicyclic) bond motifs is 3. The topological polar surface area (TPSA) is 75.6 Å². The van der Waals surface area contributed by atoms with Gasteiger partial charge in [0, 0.05) is 68.1 Å². The Balaban J connectivity index is 1.06. The number of hydrogen-bond acceptors (Lipinski definition) is 5. The molecule has 0 saturated carbocycles. The molecule has 0 bridgehead atoms. The minimum atomic E-state index is -3.15. The Morgan fingerprint density at radius 3 is 1.35 bits per heavy atom. The highest BCUT2D eigenvalue weighted by molar-refractivity contribution is 6.13. The van der Waals surface area contributed by atoms with E-state index in [4.69, 9.17) is 5.79 Å². The van der Waals surface area contributed by atoms with Crippen molar-refractivity contribution >= 4 is 21.9 Å². The van der Waals surface area contributed by atoms with Gasteiger partial charge in [-0.25, -0.2) is 0 Å². The normalized spacial score (nSPS) is 15.6. The molecule has 0 amide bonds. The number of aryl methyl sites for hydroxylation is 6. The molecule has 302 valence electrons. The van der Waals surface area contributed by atoms with Gasteiger partial charge in [0.05, 0.1) is 30.1 Å². The van der Waals surface area contributed by atoms with Crippen LogP contribution in [-0.2, 0) is 38.2 Å². The van der Waals surface area contributed by atoms with Crippen molar-refractivity contribution in [3.63, 3.8) is 0 Å². The van der Waals surface area contributed by atoms with E-state index in [1.54, 1.807) is 18.2 Å². The lowest BCUT2D eigenvalue weighted by Crippen LogP contribution is -2.00. The van der Waals surface area contributed by atoms with Gasteiger partial charge in [-0.15, -0.1) is 0 Å². The van der Waals surface area contributed by atoms with Crippen molar-refractivity contribution in [1.29, 1.82) is 5.26 Å². The number of rotatable bonds is 13. The number of furan rings is 1. The Morgan fingerprint density at radius 2 is 0.889 bits per heavy atom. The highest BCUT2D eigenvalue weighted by atomic mass is 16.3. The molecule has 10 rings (SSSR count). The van der Waals surface area contributed by atoms with Crippen LogP contribution in [0.2, 0.25) is 0 Å². The first-order chi connectivity index (χ1) is 36.1. The number of aromatic nitrogens is 3. The molecule has 0 saturated heterocycles. The van der Waals surface area contributed by atoms with Crippen molar-refractivity contribution in [1.82, 2.24) is 15.0 Å². The molecule has 5 heteroatoms. The second-order valence-corrected chi connectivity index (χ2v) is 14.6. The van der Waals surface area contributed by atoms with Gasteiger partial charge in [0.1, 0.15) is 11.2 Å². The molecule has 0 radical (unpaired) electrons. The van der Waals surface area contributed by atoms with Crippen LogP contribution in [0, 0.1) is 11.3 Å². The second-order valence-electron chi connectivity index (χ2n) is 14.6. The van der Waals surface area contributed by atoms with E-state index in [0.29, 0.717) is 55.7 Å². The molecule has 5 nitrogen and oxygen atoms in total. The van der Waals surface area contributed by atoms with Crippen molar-refractivity contribution < 1.29 is 22.2 Å². The van der Waals surface area contributed by atoms with Crippen molar-refractivity contribution in [2.75, 3.05) is 0 Å². The van der Waals surface area contributed by atoms with Gasteiger partial charge < -0.3 is 4.42 Å². The molecular weight excluding hydrogens is 769 g/mol. The molecule has 0 fully saturated rings. The lowest BCUT2D eigenvalue weighted by Gasteiger charge is -2.12. The van der Waals surface area contributed by atoms with Crippen molar-refractivity contribution in [2.24, 2.45) is 0 Å². The number of nitriles is 1. The molecule has 0 aliphatic rings. The molecule has 4 heterocycles. The Bertz CT molecular complexity index is 3700. The molecule has 0 aliphatic carbocycles. The number of nitrogens with zero attached hydrogens (tertiary/aromatic N) is 4. The van der Waals surface area contributed by atoms with Crippen LogP contribution >= 0.6 is 0 Å². The second kappa shape index (κ2) is 18.0. The van der Waals surface area contributed by atoms with Crippen molar-refractivity contribution in [3.8, 4) is 51.0 Å². The lowest BCUT2D eigenvalue weighted by molar-refractivity contribution is 0.670. The quantitative estimate of drug-likeness (QED) is 0.116. The van der Waals surface area contributed by atoms with E-state index in [0.717, 1.165) is 35.5 Å². The van der Waals surface area contributed by atoms with E-state index >= 15 is 0 Å². The highest BCUT2D eigenvalue weighted by Gasteiger charge is 2.19. The minimum Gasteiger partial charge on any atom is -0.455 e. The zero-order chi connectivity index (χ0) is 54.0. The first-order valence-electron chi connectivity index (χ1n) is 26.7. The molecule has 0 aliphatic heterocycles. The molecule has 0 spiro atoms. The standard InChI is InChI=1S/C58H44N4O/c59-36-49-28-29-51-50-17-10-18-52(57(50)63-58(51)56(49)48-15-8-3-9-16-48)55-32-27-42(39-62-55)21-24-45-34-43(22-19-40-25-30-53(60-37-40)46-11-4-1-5-12-46)33-44(35-45)23-20-41-26-31-54(61-38-41)47-13-6-2-7-14-47/h1-18,25-35,37-39H,19-24H2/i19D2,20D2,21D2,22D2,23D2,24D2,28D. The third-order valence-corrected chi connectivity index (χ3v) is 10.5. The van der Waals surface area contributed by atoms with Gasteiger partial charge in [0.25, 0.3) is 0 Å². The summed E-state index contributed by atoms with van der Waals surface area (Å²) >= 11 is 0. The minimum absolute atomic E-state index is 0.0144. The summed E-state index contributed by atoms with van der Waals surface area (Å²) in [6, 6.07) is 47.9. The van der Waals surface area contributed by atoms with Gasteiger partial charge in [0.2, 0.25) is 0 Å². The van der Waals surface area contributed by atoms with Crippen LogP contribution in [0.25, 0.3) is 66.8 Å². The number of para-hydroxylation sites is 1. The molecule has 0 unspecified atom stereocenters. The summed E-state index contributed by atoms with van der Waals surface area (Å²) in [6.07, 6.45) is -14.7. The predicted molar refractivity (Wildman–Crippen MR) is 255 cm³/mol. The van der Waals surface area contributed by atoms with Crippen molar-refractivity contribution in [3.05, 3.63) is 233 Å². The van der Waals surface area contributed by atoms with Crippen LogP contribution in [0.1, 0.15) is 56.8 Å². The maximum Gasteiger partial charge on any atom is 0.144 e. The fraction of sp³-hybridized carbons (Fsp3) is 0.103. The Hall–Kier alpha value is -7.94. The summed E-state index contributed by atoms with van der Waals surface area (Å²) in [6.45, 7) is 0. The van der Waals surface area contributed by atoms with Gasteiger partial charge >= 0.3 is 0 Å². The first kappa shape index (κ1) is 27.1. The third kappa shape index (κ3) is 8.66. The number of hydrogen-bond donors (Lipinski definition) is 0. The first-order valence-corrected chi connectivity index (χ1v) is 20.2. The van der Waals surface area contributed by atoms with Gasteiger partial charge in [-0.05, 0) is 114 Å². The summed E-state index contributed by atoms with van der Waals surface area (Å²) in [7, 11) is 0. The SMILES string of the molecule is [2H]c1cc2c(oc3c(-c4ccc(C([2H])([2H])C([2H])([2H])c5cc(C([2H])([2H])C([2H])([2H])c6ccc(-c7ccccc7)nc6)cc(C([2H])([2H])C([2H])([2H])c6ccc(-c7ccccc7)nc6)c5)cn4)cccc32)c(-c2ccccc2)c1C#N. The zero-order valence-electron chi connectivity index (χ0n) is 46.6. The summed E-state index contributed by atoms with van der Waals surface area (Å²) in [4.78, 5) is 13.4. The zero-order valence-corrected chi connectivity index (χ0v) is 33.6. The Morgan fingerprint density at radius 1 is 0.444 bits per heavy atom. The number of benzene rings is 6. The van der Waals surface area contributed by atoms with Crippen LogP contribution < -0.4 is 0 Å². The predicted octanol–water partition coefficient (Wildman–Crippen LogP) is 13.7. The van der Waals surface area contributed by atoms with E-state index in [1.165, 1.54) is 48.8 Å². The Labute approximate surface area is 386 Å². The molecule has 0 N–H and O–H groups in total. The van der Waals surface area contributed by atoms with Gasteiger partial charge in [0.15, 0.2) is 0 Å². The average molecular weight is 826 g/mol. The maximum absolute atomic E-state index is 10.1. The smallest absolute Gasteiger partial charge is 0.144 e. The summed E-state index contributed by atoms with van der Waals surface area (Å²) in [5.74, 6) is 0. The van der Waals surface area contributed by atoms with E-state index in [9.17, 15) is 21.7 Å². The lowest BCUT2D eigenvalue weighted by atomic mass is 9.94. The summed E-state index contributed by atoms with van der Waals surface area (Å²) < 4.78 is 128. The average Bonchev–Trinajstić information content (AvgIpc) is 3.84. The third-order valence-electron chi connectivity index (χ3n) is 10.5. The van der Waals surface area contributed by atoms with E-state index in [2.05, 4.69) is 21.0 Å². The fourth-order valence-corrected chi connectivity index (χ4v) is 7.37. The molecule has 6 aromatic carbocycles. The van der Waals surface area contributed by atoms with Crippen LogP contribution in [-0.4, -0.2) is 15.0 Å². The van der Waals surface area contributed by atoms with Gasteiger partial charge in [-0.2, -0.15) is 5.26 Å². The van der Waals surface area contributed by atoms with Crippen LogP contribution in [0.3, 0.4) is 0 Å². The largest absolute Gasteiger partial charge is 0.455 e. The molecular formula is C58H44N4O. The van der Waals surface area contributed by atoms with Gasteiger partial charge in [-0.1, -0.05) is 140 Å². The Kier molecular flexibility index (Phi) is 7.72. The van der Waals surface area contributed by atoms with E-state index in [1.807, 2.05) is 97.1 Å². The maximum atomic E-state index is 10.1. The number of pyridine rings is 3. The summed E-state index contributed by atoms with van der Waals surface area (Å²) in [5, 5.41) is 11.3. The monoisotopic (exact) mass is 825 g/mol. The molecule has 4 aromatic heterocycles. The molecule has 0 atom stereocenters. The fourth-order valence-electron chi connectivity index (χ4n) is 7.37. The van der Waals surface area contributed by atoms with Gasteiger partial charge in [-0.3, -0.25) is 15.0 Å². The van der Waals surface area contributed by atoms with Crippen molar-refractivity contribution in [2.45, 2.75) is 38.2 Å².